The molecule has 0 atom stereocenters. The van der Waals surface area contributed by atoms with Crippen molar-refractivity contribution in [3.63, 3.8) is 0 Å². The van der Waals surface area contributed by atoms with Crippen LogP contribution in [0.1, 0.15) is 6.42 Å². The molecule has 2 nitrogen and oxygen atoms in total. The summed E-state index contributed by atoms with van der Waals surface area (Å²) in [5.41, 5.74) is 0. The summed E-state index contributed by atoms with van der Waals surface area (Å²) in [6, 6.07) is 0. The number of aliphatic hydroxyl groups is 2. The van der Waals surface area contributed by atoms with Gasteiger partial charge >= 0.3 is 0 Å². The lowest BCUT2D eigenvalue weighted by molar-refractivity contribution is -0.0810. The van der Waals surface area contributed by atoms with Crippen molar-refractivity contribution in [3.8, 4) is 0 Å². The average Bonchev–Trinajstić information content (AvgIpc) is 1.35. The van der Waals surface area contributed by atoms with Crippen LogP contribution < -0.4 is 0 Å². The van der Waals surface area contributed by atoms with E-state index in [1.807, 2.05) is 0 Å². The van der Waals surface area contributed by atoms with Crippen molar-refractivity contribution in [2.45, 2.75) is 11.7 Å². The van der Waals surface area contributed by atoms with Crippen molar-refractivity contribution in [1.29, 1.82) is 0 Å². The standard InChI is InChI=1S/C3H6ClO2/c1-2-3(4,5)6/h5-6H,1-2H2. The third-order valence-electron chi connectivity index (χ3n) is 0.318. The Morgan fingerprint density at radius 2 is 1.83 bits per heavy atom. The molecule has 0 aliphatic carbocycles. The average molecular weight is 110 g/mol. The molecule has 0 aromatic heterocycles. The first-order chi connectivity index (χ1) is 2.56. The normalized spacial score (nSPS) is 12.0. The molecule has 0 amide bonds. The Bertz CT molecular complexity index is 38.5. The van der Waals surface area contributed by atoms with Gasteiger partial charge in [0.2, 0.25) is 5.25 Å². The first kappa shape index (κ1) is 6.21. The molecule has 0 saturated carbocycles. The van der Waals surface area contributed by atoms with Gasteiger partial charge in [-0.3, -0.25) is 0 Å². The molecular formula is C3H6ClO2. The highest BCUT2D eigenvalue weighted by molar-refractivity contribution is 6.21. The predicted molar refractivity (Wildman–Crippen MR) is 23.0 cm³/mol. The number of halogens is 1. The number of alkyl halides is 1. The van der Waals surface area contributed by atoms with Gasteiger partial charge in [-0.05, 0) is 6.92 Å². The fourth-order valence-corrected chi connectivity index (χ4v) is 0. The maximum atomic E-state index is 8.08. The summed E-state index contributed by atoms with van der Waals surface area (Å²) < 4.78 is 0. The smallest absolute Gasteiger partial charge is 0.243 e. The second kappa shape index (κ2) is 1.78. The number of hydrogen-bond acceptors (Lipinski definition) is 2. The molecule has 0 fully saturated rings. The van der Waals surface area contributed by atoms with E-state index < -0.39 is 5.25 Å². The maximum absolute atomic E-state index is 8.08. The zero-order chi connectivity index (χ0) is 5.21. The molecule has 0 aliphatic heterocycles. The molecule has 0 unspecified atom stereocenters. The predicted octanol–water partition coefficient (Wildman–Crippen LogP) is 0.0878. The van der Waals surface area contributed by atoms with E-state index in [2.05, 4.69) is 6.92 Å². The van der Waals surface area contributed by atoms with Gasteiger partial charge in [0.15, 0.2) is 0 Å². The lowest BCUT2D eigenvalue weighted by atomic mass is 10.5. The quantitative estimate of drug-likeness (QED) is 0.370. The van der Waals surface area contributed by atoms with Gasteiger partial charge in [-0.15, -0.1) is 0 Å². The fraction of sp³-hybridized carbons (Fsp3) is 0.667. The Balaban J connectivity index is 3.17. The van der Waals surface area contributed by atoms with Gasteiger partial charge in [0.25, 0.3) is 0 Å². The SMILES string of the molecule is [CH2]CC(O)(O)Cl. The lowest BCUT2D eigenvalue weighted by Gasteiger charge is -2.06. The van der Waals surface area contributed by atoms with Gasteiger partial charge in [0.05, 0.1) is 0 Å². The molecule has 0 saturated heterocycles. The van der Waals surface area contributed by atoms with Crippen LogP contribution >= 0.6 is 11.6 Å². The van der Waals surface area contributed by atoms with Gasteiger partial charge in [0, 0.05) is 6.42 Å². The van der Waals surface area contributed by atoms with E-state index >= 15 is 0 Å². The molecule has 0 aliphatic rings. The molecular weight excluding hydrogens is 103 g/mol. The largest absolute Gasteiger partial charge is 0.353 e. The monoisotopic (exact) mass is 109 g/mol. The van der Waals surface area contributed by atoms with E-state index in [0.29, 0.717) is 0 Å². The Morgan fingerprint density at radius 1 is 1.67 bits per heavy atom. The summed E-state index contributed by atoms with van der Waals surface area (Å²) in [5.74, 6) is 0. The first-order valence-corrected chi connectivity index (χ1v) is 1.87. The Labute approximate surface area is 41.4 Å². The Morgan fingerprint density at radius 3 is 1.83 bits per heavy atom. The van der Waals surface area contributed by atoms with E-state index in [0.717, 1.165) is 0 Å². The van der Waals surface area contributed by atoms with Gasteiger partial charge in [-0.2, -0.15) is 0 Å². The van der Waals surface area contributed by atoms with Crippen molar-refractivity contribution < 1.29 is 10.2 Å². The molecule has 2 N–H and O–H groups in total. The van der Waals surface area contributed by atoms with Crippen LogP contribution in [0.2, 0.25) is 0 Å². The third kappa shape index (κ3) is 4.21. The molecule has 0 bridgehead atoms. The topological polar surface area (TPSA) is 40.5 Å². The summed E-state index contributed by atoms with van der Waals surface area (Å²) in [4.78, 5) is 0. The van der Waals surface area contributed by atoms with Crippen LogP contribution in [0, 0.1) is 6.92 Å². The molecule has 1 radical (unpaired) electrons. The molecule has 37 valence electrons. The first-order valence-electron chi connectivity index (χ1n) is 1.49. The summed E-state index contributed by atoms with van der Waals surface area (Å²) in [6.07, 6.45) is -0.103. The van der Waals surface area contributed by atoms with Gasteiger partial charge in [0.1, 0.15) is 0 Å². The van der Waals surface area contributed by atoms with E-state index in [1.54, 1.807) is 0 Å². The summed E-state index contributed by atoms with van der Waals surface area (Å²) in [7, 11) is 0. The van der Waals surface area contributed by atoms with Gasteiger partial charge in [-0.1, -0.05) is 11.6 Å². The molecule has 0 spiro atoms. The van der Waals surface area contributed by atoms with Crippen LogP contribution in [-0.2, 0) is 0 Å². The highest BCUT2D eigenvalue weighted by atomic mass is 35.5. The Hall–Kier alpha value is 0.210. The van der Waals surface area contributed by atoms with E-state index in [4.69, 9.17) is 21.8 Å². The maximum Gasteiger partial charge on any atom is 0.243 e. The van der Waals surface area contributed by atoms with Crippen molar-refractivity contribution in [3.05, 3.63) is 6.92 Å². The van der Waals surface area contributed by atoms with Crippen LogP contribution in [0.5, 0.6) is 0 Å². The van der Waals surface area contributed by atoms with Crippen LogP contribution in [-0.4, -0.2) is 15.5 Å². The lowest BCUT2D eigenvalue weighted by Crippen LogP contribution is -2.16. The number of hydrogen-bond donors (Lipinski definition) is 2. The fourth-order valence-electron chi connectivity index (χ4n) is 0. The molecule has 6 heavy (non-hydrogen) atoms. The highest BCUT2D eigenvalue weighted by Crippen LogP contribution is 2.07. The Kier molecular flexibility index (Phi) is 1.84. The van der Waals surface area contributed by atoms with Crippen LogP contribution in [0.25, 0.3) is 0 Å². The van der Waals surface area contributed by atoms with Crippen molar-refractivity contribution in [2.75, 3.05) is 0 Å². The summed E-state index contributed by atoms with van der Waals surface area (Å²) in [5, 5.41) is 14.1. The molecule has 0 rings (SSSR count). The second-order valence-electron chi connectivity index (χ2n) is 0.969. The van der Waals surface area contributed by atoms with Gasteiger partial charge < -0.3 is 10.2 Å². The minimum Gasteiger partial charge on any atom is -0.353 e. The molecule has 3 heteroatoms. The summed E-state index contributed by atoms with van der Waals surface area (Å²) in [6.45, 7) is 3.12. The molecule has 0 heterocycles. The third-order valence-corrected chi connectivity index (χ3v) is 0.507. The van der Waals surface area contributed by atoms with Crippen LogP contribution in [0.4, 0.5) is 0 Å². The van der Waals surface area contributed by atoms with Crippen molar-refractivity contribution >= 4 is 11.6 Å². The summed E-state index contributed by atoms with van der Waals surface area (Å²) >= 11 is 4.77. The van der Waals surface area contributed by atoms with Gasteiger partial charge in [-0.25, -0.2) is 0 Å². The second-order valence-corrected chi connectivity index (χ2v) is 1.57. The van der Waals surface area contributed by atoms with Crippen molar-refractivity contribution in [1.82, 2.24) is 0 Å². The van der Waals surface area contributed by atoms with Crippen LogP contribution in [0.15, 0.2) is 0 Å². The number of rotatable bonds is 1. The van der Waals surface area contributed by atoms with E-state index in [-0.39, 0.29) is 6.42 Å². The van der Waals surface area contributed by atoms with E-state index in [1.165, 1.54) is 0 Å². The zero-order valence-electron chi connectivity index (χ0n) is 3.19. The highest BCUT2D eigenvalue weighted by Gasteiger charge is 2.12. The van der Waals surface area contributed by atoms with Crippen LogP contribution in [0.3, 0.4) is 0 Å². The minimum absolute atomic E-state index is 0.103. The zero-order valence-corrected chi connectivity index (χ0v) is 3.94. The molecule has 0 aromatic rings. The van der Waals surface area contributed by atoms with E-state index in [9.17, 15) is 0 Å². The molecule has 0 aromatic carbocycles. The van der Waals surface area contributed by atoms with Crippen molar-refractivity contribution in [2.24, 2.45) is 0 Å². The minimum atomic E-state index is -2.10.